The zero-order chi connectivity index (χ0) is 20.3. The van der Waals surface area contributed by atoms with Gasteiger partial charge < -0.3 is 0 Å². The summed E-state index contributed by atoms with van der Waals surface area (Å²) >= 11 is 0. The number of piperidine rings is 2. The van der Waals surface area contributed by atoms with E-state index in [1.54, 1.807) is 24.3 Å². The summed E-state index contributed by atoms with van der Waals surface area (Å²) in [6.45, 7) is 8.58. The number of carbonyl (C=O) groups is 2. The molecule has 0 spiro atoms. The second-order valence-electron chi connectivity index (χ2n) is 8.53. The number of nitrogens with zero attached hydrogens (tertiary/aromatic N) is 2. The smallest absolute Gasteiger partial charge is 0.265 e. The van der Waals surface area contributed by atoms with Crippen LogP contribution in [0, 0.1) is 0 Å². The minimum atomic E-state index is -0.120. The summed E-state index contributed by atoms with van der Waals surface area (Å²) in [5, 5.41) is 4.12. The van der Waals surface area contributed by atoms with Crippen LogP contribution in [0.15, 0.2) is 24.3 Å². The van der Waals surface area contributed by atoms with Gasteiger partial charge >= 0.3 is 0 Å². The van der Waals surface area contributed by atoms with Crippen molar-refractivity contribution in [1.29, 1.82) is 0 Å². The maximum Gasteiger partial charge on any atom is 0.265 e. The van der Waals surface area contributed by atoms with Crippen molar-refractivity contribution in [3.8, 4) is 0 Å². The largest absolute Gasteiger partial charge is 0.284 e. The molecule has 0 aromatic heterocycles. The van der Waals surface area contributed by atoms with Crippen molar-refractivity contribution >= 4 is 11.8 Å². The molecule has 0 saturated carbocycles. The van der Waals surface area contributed by atoms with Crippen LogP contribution in [-0.2, 0) is 0 Å². The highest BCUT2D eigenvalue weighted by Gasteiger charge is 2.27. The van der Waals surface area contributed by atoms with Gasteiger partial charge in [-0.15, -0.1) is 0 Å². The van der Waals surface area contributed by atoms with Gasteiger partial charge in [-0.05, 0) is 77.6 Å². The first-order valence-corrected chi connectivity index (χ1v) is 10.7. The summed E-state index contributed by atoms with van der Waals surface area (Å²) in [7, 11) is 0. The van der Waals surface area contributed by atoms with Gasteiger partial charge in [0.15, 0.2) is 0 Å². The summed E-state index contributed by atoms with van der Waals surface area (Å²) < 4.78 is 0. The van der Waals surface area contributed by atoms with Gasteiger partial charge in [0.1, 0.15) is 0 Å². The van der Waals surface area contributed by atoms with E-state index in [0.29, 0.717) is 35.3 Å². The molecule has 2 amide bonds. The molecular weight excluding hydrogens is 352 g/mol. The first-order chi connectivity index (χ1) is 13.4. The van der Waals surface area contributed by atoms with Gasteiger partial charge in [0.2, 0.25) is 0 Å². The van der Waals surface area contributed by atoms with Crippen LogP contribution in [-0.4, -0.2) is 46.0 Å². The molecule has 2 aliphatic rings. The lowest BCUT2D eigenvalue weighted by molar-refractivity contribution is 0.0365. The molecule has 1 aromatic carbocycles. The summed E-state index contributed by atoms with van der Waals surface area (Å²) in [5.41, 5.74) is 7.23. The second-order valence-corrected chi connectivity index (χ2v) is 8.53. The van der Waals surface area contributed by atoms with Crippen molar-refractivity contribution in [3.05, 3.63) is 35.4 Å². The summed E-state index contributed by atoms with van der Waals surface area (Å²) in [6, 6.07) is 8.27. The molecule has 2 N–H and O–H groups in total. The number of hydrogen-bond donors (Lipinski definition) is 2. The van der Waals surface area contributed by atoms with Crippen molar-refractivity contribution in [1.82, 2.24) is 20.9 Å². The maximum atomic E-state index is 12.6. The standard InChI is InChI=1S/C22H34N4O2/c1-15-7-5-8-16(2)25(15)23-21(27)19-11-13-20(14-12-19)22(28)24-26-17(3)9-6-10-18(26)4/h11-18H,5-10H2,1-4H3,(H,23,27)(H,24,28)/t15-,16-,17-,18+/m0/s1. The molecule has 2 heterocycles. The number of benzene rings is 1. The Labute approximate surface area is 168 Å². The van der Waals surface area contributed by atoms with Gasteiger partial charge in [0.25, 0.3) is 11.8 Å². The average Bonchev–Trinajstić information content (AvgIpc) is 2.67. The van der Waals surface area contributed by atoms with Gasteiger partial charge in [0, 0.05) is 35.3 Å². The van der Waals surface area contributed by atoms with E-state index in [0.717, 1.165) is 25.7 Å². The lowest BCUT2D eigenvalue weighted by Crippen LogP contribution is -2.54. The van der Waals surface area contributed by atoms with E-state index >= 15 is 0 Å². The molecule has 4 atom stereocenters. The van der Waals surface area contributed by atoms with Gasteiger partial charge in [-0.25, -0.2) is 10.0 Å². The first kappa shape index (κ1) is 20.8. The van der Waals surface area contributed by atoms with Crippen LogP contribution in [0.25, 0.3) is 0 Å². The van der Waals surface area contributed by atoms with Gasteiger partial charge in [0.05, 0.1) is 0 Å². The van der Waals surface area contributed by atoms with Crippen molar-refractivity contribution in [2.24, 2.45) is 0 Å². The van der Waals surface area contributed by atoms with E-state index in [-0.39, 0.29) is 11.8 Å². The van der Waals surface area contributed by atoms with E-state index < -0.39 is 0 Å². The topological polar surface area (TPSA) is 64.7 Å². The fourth-order valence-electron chi connectivity index (χ4n) is 4.42. The van der Waals surface area contributed by atoms with Crippen molar-refractivity contribution < 1.29 is 9.59 Å². The Hall–Kier alpha value is -1.92. The second kappa shape index (κ2) is 9.05. The van der Waals surface area contributed by atoms with E-state index in [1.165, 1.54) is 12.8 Å². The summed E-state index contributed by atoms with van der Waals surface area (Å²) in [6.07, 6.45) is 6.78. The fraction of sp³-hybridized carbons (Fsp3) is 0.636. The number of amides is 2. The molecule has 6 heteroatoms. The van der Waals surface area contributed by atoms with Crippen LogP contribution in [0.3, 0.4) is 0 Å². The molecule has 0 bridgehead atoms. The van der Waals surface area contributed by atoms with Crippen molar-refractivity contribution in [2.75, 3.05) is 0 Å². The highest BCUT2D eigenvalue weighted by Crippen LogP contribution is 2.22. The van der Waals surface area contributed by atoms with Crippen LogP contribution in [0.5, 0.6) is 0 Å². The zero-order valence-electron chi connectivity index (χ0n) is 17.6. The summed E-state index contributed by atoms with van der Waals surface area (Å²) in [5.74, 6) is -0.239. The van der Waals surface area contributed by atoms with E-state index in [2.05, 4.69) is 48.6 Å². The van der Waals surface area contributed by atoms with Crippen molar-refractivity contribution in [2.45, 2.75) is 90.4 Å². The van der Waals surface area contributed by atoms with Crippen LogP contribution >= 0.6 is 0 Å². The Morgan fingerprint density at radius 1 is 0.679 bits per heavy atom. The predicted octanol–water partition coefficient (Wildman–Crippen LogP) is 3.50. The van der Waals surface area contributed by atoms with E-state index in [9.17, 15) is 9.59 Å². The lowest BCUT2D eigenvalue weighted by atomic mass is 9.99. The molecule has 6 nitrogen and oxygen atoms in total. The van der Waals surface area contributed by atoms with Crippen molar-refractivity contribution in [3.63, 3.8) is 0 Å². The molecule has 1 aromatic rings. The van der Waals surface area contributed by atoms with Gasteiger partial charge in [-0.2, -0.15) is 0 Å². The third-order valence-electron chi connectivity index (χ3n) is 6.26. The molecule has 3 rings (SSSR count). The predicted molar refractivity (Wildman–Crippen MR) is 111 cm³/mol. The molecule has 0 unspecified atom stereocenters. The number of hydrazine groups is 2. The number of nitrogens with one attached hydrogen (secondary N) is 2. The Morgan fingerprint density at radius 3 is 1.25 bits per heavy atom. The fourth-order valence-corrected chi connectivity index (χ4v) is 4.42. The number of rotatable bonds is 4. The third-order valence-corrected chi connectivity index (χ3v) is 6.26. The molecule has 2 saturated heterocycles. The molecule has 28 heavy (non-hydrogen) atoms. The first-order valence-electron chi connectivity index (χ1n) is 10.7. The minimum Gasteiger partial charge on any atom is -0.284 e. The zero-order valence-corrected chi connectivity index (χ0v) is 17.6. The molecule has 2 aliphatic heterocycles. The lowest BCUT2D eigenvalue weighted by Gasteiger charge is -2.38. The van der Waals surface area contributed by atoms with Crippen LogP contribution < -0.4 is 10.9 Å². The Kier molecular flexibility index (Phi) is 6.73. The Morgan fingerprint density at radius 2 is 0.964 bits per heavy atom. The van der Waals surface area contributed by atoms with Crippen LogP contribution in [0.1, 0.15) is 86.9 Å². The van der Waals surface area contributed by atoms with Gasteiger partial charge in [-0.1, -0.05) is 12.8 Å². The molecular formula is C22H34N4O2. The number of hydrogen-bond acceptors (Lipinski definition) is 4. The molecule has 0 radical (unpaired) electrons. The number of carbonyl (C=O) groups excluding carboxylic acids is 2. The van der Waals surface area contributed by atoms with E-state index in [4.69, 9.17) is 0 Å². The SMILES string of the molecule is C[C@@H]1CCC[C@H](C)N1NC(=O)c1ccc(C(=O)NN2[C@@H](C)CCC[C@@H]2C)cc1. The monoisotopic (exact) mass is 386 g/mol. The maximum absolute atomic E-state index is 12.6. The Balaban J connectivity index is 1.61. The highest BCUT2D eigenvalue weighted by molar-refractivity contribution is 5.97. The average molecular weight is 387 g/mol. The summed E-state index contributed by atoms with van der Waals surface area (Å²) in [4.78, 5) is 25.3. The molecule has 0 aliphatic carbocycles. The molecule has 2 fully saturated rings. The van der Waals surface area contributed by atoms with Gasteiger partial charge in [-0.3, -0.25) is 20.4 Å². The minimum absolute atomic E-state index is 0.120. The quantitative estimate of drug-likeness (QED) is 0.831. The van der Waals surface area contributed by atoms with E-state index in [1.807, 2.05) is 0 Å². The van der Waals surface area contributed by atoms with Crippen LogP contribution in [0.2, 0.25) is 0 Å². The normalized spacial score (nSPS) is 29.3. The Bertz CT molecular complexity index is 611. The van der Waals surface area contributed by atoms with Crippen LogP contribution in [0.4, 0.5) is 0 Å². The third kappa shape index (κ3) is 4.73. The molecule has 154 valence electrons. The highest BCUT2D eigenvalue weighted by atomic mass is 16.2.